The van der Waals surface area contributed by atoms with Gasteiger partial charge >= 0.3 is 0 Å². The molecule has 0 fully saturated rings. The van der Waals surface area contributed by atoms with Gasteiger partial charge in [0.1, 0.15) is 6.26 Å². The third-order valence-electron chi connectivity index (χ3n) is 2.04. The molecule has 0 spiro atoms. The number of benzene rings is 1. The largest absolute Gasteiger partial charge is 0.612 e. The maximum Gasteiger partial charge on any atom is 0.153 e. The van der Waals surface area contributed by atoms with Crippen molar-refractivity contribution in [3.8, 4) is 0 Å². The molecule has 0 amide bonds. The number of pyridine rings is 1. The van der Waals surface area contributed by atoms with Crippen molar-refractivity contribution in [1.29, 1.82) is 0 Å². The molecule has 1 radical (unpaired) electrons. The predicted molar refractivity (Wildman–Crippen MR) is 58.5 cm³/mol. The van der Waals surface area contributed by atoms with E-state index in [0.29, 0.717) is 0 Å². The monoisotopic (exact) mass is 204 g/mol. The van der Waals surface area contributed by atoms with Gasteiger partial charge in [-0.2, -0.15) is 0 Å². The molecule has 1 atom stereocenters. The molecule has 1 aromatic heterocycles. The molecular weight excluding hydrogens is 194 g/mol. The van der Waals surface area contributed by atoms with Crippen molar-refractivity contribution in [1.82, 2.24) is 4.98 Å². The van der Waals surface area contributed by atoms with Crippen LogP contribution in [-0.2, 0) is 11.2 Å². The van der Waals surface area contributed by atoms with Crippen molar-refractivity contribution in [3.63, 3.8) is 0 Å². The van der Waals surface area contributed by atoms with Gasteiger partial charge in [0.25, 0.3) is 0 Å². The maximum absolute atomic E-state index is 11.2. The van der Waals surface area contributed by atoms with Gasteiger partial charge in [0.05, 0.1) is 5.52 Å². The number of fused-ring (bicyclic) bond motifs is 1. The Morgan fingerprint density at radius 1 is 1.36 bits per heavy atom. The van der Waals surface area contributed by atoms with Crippen LogP contribution in [-0.4, -0.2) is 15.8 Å². The molecule has 3 heteroatoms. The zero-order valence-electron chi connectivity index (χ0n) is 7.86. The van der Waals surface area contributed by atoms with Crippen LogP contribution in [0.15, 0.2) is 35.4 Å². The quantitative estimate of drug-likeness (QED) is 0.667. The highest BCUT2D eigenvalue weighted by Crippen LogP contribution is 2.18. The summed E-state index contributed by atoms with van der Waals surface area (Å²) in [7, 11) is 0. The van der Waals surface area contributed by atoms with E-state index in [-0.39, 0.29) is 0 Å². The van der Waals surface area contributed by atoms with E-state index < -0.39 is 11.2 Å². The Hall–Kier alpha value is -1.06. The number of hydrogen-bond acceptors (Lipinski definition) is 2. The zero-order chi connectivity index (χ0) is 10.1. The molecule has 0 aliphatic carbocycles. The SMILES string of the molecule is [CH2]c1cnc2ccc([S+](C)[O-])cc2c1. The van der Waals surface area contributed by atoms with Crippen LogP contribution < -0.4 is 0 Å². The highest BCUT2D eigenvalue weighted by atomic mass is 32.2. The molecule has 0 saturated heterocycles. The van der Waals surface area contributed by atoms with Gasteiger partial charge in [-0.3, -0.25) is 4.98 Å². The molecule has 0 aliphatic rings. The van der Waals surface area contributed by atoms with E-state index in [1.54, 1.807) is 12.5 Å². The van der Waals surface area contributed by atoms with E-state index in [9.17, 15) is 4.55 Å². The smallest absolute Gasteiger partial charge is 0.153 e. The predicted octanol–water partition coefficient (Wildman–Crippen LogP) is 2.15. The highest BCUT2D eigenvalue weighted by molar-refractivity contribution is 7.90. The molecule has 1 aromatic carbocycles. The Bertz CT molecular complexity index is 468. The third-order valence-corrected chi connectivity index (χ3v) is 2.96. The average molecular weight is 204 g/mol. The molecular formula is C11H10NOS. The van der Waals surface area contributed by atoms with Crippen LogP contribution in [0.25, 0.3) is 10.9 Å². The summed E-state index contributed by atoms with van der Waals surface area (Å²) in [6.07, 6.45) is 3.40. The van der Waals surface area contributed by atoms with Crippen molar-refractivity contribution in [2.75, 3.05) is 6.26 Å². The average Bonchev–Trinajstić information content (AvgIpc) is 2.16. The Kier molecular flexibility index (Phi) is 2.44. The maximum atomic E-state index is 11.2. The fourth-order valence-corrected chi connectivity index (χ4v) is 1.89. The lowest BCUT2D eigenvalue weighted by Crippen LogP contribution is -1.96. The minimum absolute atomic E-state index is 0.824. The second-order valence-corrected chi connectivity index (χ2v) is 4.53. The number of hydrogen-bond donors (Lipinski definition) is 0. The van der Waals surface area contributed by atoms with Crippen molar-refractivity contribution in [2.24, 2.45) is 0 Å². The topological polar surface area (TPSA) is 36.0 Å². The summed E-state index contributed by atoms with van der Waals surface area (Å²) >= 11 is -0.940. The molecule has 1 heterocycles. The van der Waals surface area contributed by atoms with Crippen molar-refractivity contribution in [3.05, 3.63) is 42.9 Å². The molecule has 14 heavy (non-hydrogen) atoms. The Morgan fingerprint density at radius 3 is 2.86 bits per heavy atom. The van der Waals surface area contributed by atoms with Crippen LogP contribution in [0, 0.1) is 6.92 Å². The second kappa shape index (κ2) is 3.59. The van der Waals surface area contributed by atoms with E-state index in [4.69, 9.17) is 0 Å². The van der Waals surface area contributed by atoms with Gasteiger partial charge < -0.3 is 4.55 Å². The summed E-state index contributed by atoms with van der Waals surface area (Å²) in [4.78, 5) is 5.04. The van der Waals surface area contributed by atoms with Gasteiger partial charge in [0.15, 0.2) is 4.90 Å². The first-order chi connectivity index (χ1) is 6.66. The van der Waals surface area contributed by atoms with E-state index >= 15 is 0 Å². The molecule has 71 valence electrons. The fourth-order valence-electron chi connectivity index (χ4n) is 1.33. The van der Waals surface area contributed by atoms with Crippen molar-refractivity contribution in [2.45, 2.75) is 4.90 Å². The Balaban J connectivity index is 2.63. The van der Waals surface area contributed by atoms with E-state index in [0.717, 1.165) is 21.4 Å². The first-order valence-electron chi connectivity index (χ1n) is 4.22. The van der Waals surface area contributed by atoms with Crippen LogP contribution in [0.1, 0.15) is 5.56 Å². The van der Waals surface area contributed by atoms with Crippen LogP contribution in [0.5, 0.6) is 0 Å². The first-order valence-corrected chi connectivity index (χ1v) is 5.78. The normalized spacial score (nSPS) is 13.1. The van der Waals surface area contributed by atoms with Crippen LogP contribution >= 0.6 is 0 Å². The summed E-state index contributed by atoms with van der Waals surface area (Å²) in [5.41, 5.74) is 1.78. The van der Waals surface area contributed by atoms with Gasteiger partial charge in [-0.15, -0.1) is 0 Å². The van der Waals surface area contributed by atoms with Crippen LogP contribution in [0.2, 0.25) is 0 Å². The van der Waals surface area contributed by atoms with Crippen LogP contribution in [0.4, 0.5) is 0 Å². The summed E-state index contributed by atoms with van der Waals surface area (Å²) in [6, 6.07) is 7.56. The molecule has 0 bridgehead atoms. The highest BCUT2D eigenvalue weighted by Gasteiger charge is 2.05. The summed E-state index contributed by atoms with van der Waals surface area (Å²) in [5, 5.41) is 0.991. The Labute approximate surface area is 86.2 Å². The molecule has 2 rings (SSSR count). The molecule has 2 nitrogen and oxygen atoms in total. The number of aromatic nitrogens is 1. The van der Waals surface area contributed by atoms with E-state index in [1.165, 1.54) is 0 Å². The van der Waals surface area contributed by atoms with Gasteiger partial charge in [-0.1, -0.05) is 0 Å². The molecule has 0 saturated carbocycles. The van der Waals surface area contributed by atoms with E-state index in [2.05, 4.69) is 11.9 Å². The van der Waals surface area contributed by atoms with Gasteiger partial charge in [-0.05, 0) is 41.9 Å². The standard InChI is InChI=1S/C11H10NOS/c1-8-5-9-6-10(14(2)13)3-4-11(9)12-7-8/h3-7H,1H2,2H3. The minimum atomic E-state index is -0.940. The van der Waals surface area contributed by atoms with E-state index in [1.807, 2.05) is 24.3 Å². The zero-order valence-corrected chi connectivity index (χ0v) is 8.67. The van der Waals surface area contributed by atoms with Gasteiger partial charge in [-0.25, -0.2) is 0 Å². The lowest BCUT2D eigenvalue weighted by molar-refractivity contribution is 0.601. The van der Waals surface area contributed by atoms with Crippen molar-refractivity contribution >= 4 is 22.1 Å². The van der Waals surface area contributed by atoms with Crippen molar-refractivity contribution < 1.29 is 4.55 Å². The second-order valence-electron chi connectivity index (χ2n) is 3.15. The summed E-state index contributed by atoms with van der Waals surface area (Å²) in [6.45, 7) is 3.81. The molecule has 0 aliphatic heterocycles. The first kappa shape index (κ1) is 9.49. The lowest BCUT2D eigenvalue weighted by atomic mass is 10.2. The fraction of sp³-hybridized carbons (Fsp3) is 0.0909. The van der Waals surface area contributed by atoms with Crippen LogP contribution in [0.3, 0.4) is 0 Å². The summed E-state index contributed by atoms with van der Waals surface area (Å²) in [5.74, 6) is 0. The minimum Gasteiger partial charge on any atom is -0.612 e. The molecule has 1 unspecified atom stereocenters. The molecule has 2 aromatic rings. The summed E-state index contributed by atoms with van der Waals surface area (Å²) < 4.78 is 11.2. The Morgan fingerprint density at radius 2 is 2.14 bits per heavy atom. The lowest BCUT2D eigenvalue weighted by Gasteiger charge is -2.05. The molecule has 0 N–H and O–H groups in total. The number of nitrogens with zero attached hydrogens (tertiary/aromatic N) is 1. The van der Waals surface area contributed by atoms with Gasteiger partial charge in [0.2, 0.25) is 0 Å². The third kappa shape index (κ3) is 1.74. The number of rotatable bonds is 1. The van der Waals surface area contributed by atoms with Gasteiger partial charge in [0, 0.05) is 17.6 Å².